The minimum atomic E-state index is 0.0518. The van der Waals surface area contributed by atoms with Gasteiger partial charge in [-0.2, -0.15) is 11.3 Å². The summed E-state index contributed by atoms with van der Waals surface area (Å²) in [6.07, 6.45) is 5.66. The Morgan fingerprint density at radius 1 is 1.08 bits per heavy atom. The van der Waals surface area contributed by atoms with Crippen LogP contribution in [-0.2, 0) is 11.3 Å². The summed E-state index contributed by atoms with van der Waals surface area (Å²) in [7, 11) is 0. The van der Waals surface area contributed by atoms with E-state index in [2.05, 4.69) is 51.3 Å². The number of benzene rings is 1. The maximum atomic E-state index is 12.5. The minimum Gasteiger partial charge on any atom is -0.352 e. The molecule has 1 N–H and O–H groups in total. The summed E-state index contributed by atoms with van der Waals surface area (Å²) in [5.41, 5.74) is 3.84. The molecular weight excluding hydrogens is 316 g/mol. The van der Waals surface area contributed by atoms with Gasteiger partial charge in [0.05, 0.1) is 6.04 Å². The fourth-order valence-corrected chi connectivity index (χ4v) is 4.13. The summed E-state index contributed by atoms with van der Waals surface area (Å²) >= 11 is 1.73. The molecule has 1 atom stereocenters. The number of carbonyl (C=O) groups is 1. The van der Waals surface area contributed by atoms with Crippen LogP contribution in [0.3, 0.4) is 0 Å². The van der Waals surface area contributed by atoms with Crippen LogP contribution in [0.25, 0.3) is 11.1 Å². The van der Waals surface area contributed by atoms with E-state index in [1.807, 2.05) is 0 Å². The first kappa shape index (κ1) is 15.9. The number of hydrogen-bond donors (Lipinski definition) is 1. The molecule has 0 bridgehead atoms. The lowest BCUT2D eigenvalue weighted by atomic mass is 9.99. The number of hydrogen-bond acceptors (Lipinski definition) is 3. The van der Waals surface area contributed by atoms with E-state index in [-0.39, 0.29) is 11.9 Å². The van der Waals surface area contributed by atoms with Gasteiger partial charge in [0.15, 0.2) is 0 Å². The largest absolute Gasteiger partial charge is 0.352 e. The van der Waals surface area contributed by atoms with Crippen LogP contribution in [0.5, 0.6) is 0 Å². The molecular formula is C20H24N2OS. The number of piperidine rings is 1. The van der Waals surface area contributed by atoms with Crippen LogP contribution in [0.4, 0.5) is 0 Å². The third-order valence-corrected chi connectivity index (χ3v) is 5.72. The van der Waals surface area contributed by atoms with Crippen molar-refractivity contribution in [1.82, 2.24) is 10.2 Å². The number of nitrogens with zero attached hydrogens (tertiary/aromatic N) is 1. The zero-order valence-corrected chi connectivity index (χ0v) is 14.7. The van der Waals surface area contributed by atoms with E-state index in [1.54, 1.807) is 11.3 Å². The molecule has 126 valence electrons. The van der Waals surface area contributed by atoms with Crippen LogP contribution in [0.2, 0.25) is 0 Å². The molecule has 4 heteroatoms. The van der Waals surface area contributed by atoms with Crippen molar-refractivity contribution in [3.05, 3.63) is 46.7 Å². The van der Waals surface area contributed by atoms with E-state index in [0.717, 1.165) is 38.8 Å². The van der Waals surface area contributed by atoms with Crippen LogP contribution in [-0.4, -0.2) is 29.4 Å². The zero-order chi connectivity index (χ0) is 16.4. The Balaban J connectivity index is 1.43. The number of amides is 1. The zero-order valence-electron chi connectivity index (χ0n) is 13.9. The SMILES string of the molecule is O=C(NC1CC1)C1CCCCN1Cc1ccc(-c2ccsc2)cc1. The minimum absolute atomic E-state index is 0.0518. The molecule has 0 radical (unpaired) electrons. The Morgan fingerprint density at radius 2 is 1.92 bits per heavy atom. The predicted octanol–water partition coefficient (Wildman–Crippen LogP) is 4.05. The van der Waals surface area contributed by atoms with E-state index >= 15 is 0 Å². The Bertz CT molecular complexity index is 676. The van der Waals surface area contributed by atoms with E-state index in [1.165, 1.54) is 23.1 Å². The van der Waals surface area contributed by atoms with E-state index in [4.69, 9.17) is 0 Å². The lowest BCUT2D eigenvalue weighted by Gasteiger charge is -2.34. The highest BCUT2D eigenvalue weighted by atomic mass is 32.1. The normalized spacial score (nSPS) is 21.6. The van der Waals surface area contributed by atoms with Crippen molar-refractivity contribution in [2.45, 2.75) is 50.7 Å². The lowest BCUT2D eigenvalue weighted by Crippen LogP contribution is -2.49. The fraction of sp³-hybridized carbons (Fsp3) is 0.450. The summed E-state index contributed by atoms with van der Waals surface area (Å²) in [5.74, 6) is 0.243. The second kappa shape index (κ2) is 7.08. The standard InChI is InChI=1S/C20H24N2OS/c23-20(21-18-8-9-18)19-3-1-2-11-22(19)13-15-4-6-16(7-5-15)17-10-12-24-14-17/h4-7,10,12,14,18-19H,1-3,8-9,11,13H2,(H,21,23). The summed E-state index contributed by atoms with van der Waals surface area (Å²) < 4.78 is 0. The molecule has 4 rings (SSSR count). The molecule has 1 aliphatic carbocycles. The van der Waals surface area contributed by atoms with Crippen molar-refractivity contribution < 1.29 is 4.79 Å². The molecule has 2 heterocycles. The highest BCUT2D eigenvalue weighted by Crippen LogP contribution is 2.25. The summed E-state index contributed by atoms with van der Waals surface area (Å²) in [6, 6.07) is 11.5. The molecule has 1 aromatic carbocycles. The molecule has 3 nitrogen and oxygen atoms in total. The van der Waals surface area contributed by atoms with Crippen LogP contribution < -0.4 is 5.32 Å². The lowest BCUT2D eigenvalue weighted by molar-refractivity contribution is -0.128. The first-order chi connectivity index (χ1) is 11.8. The number of thiophene rings is 1. The van der Waals surface area contributed by atoms with Crippen molar-refractivity contribution in [3.63, 3.8) is 0 Å². The van der Waals surface area contributed by atoms with Gasteiger partial charge in [-0.1, -0.05) is 30.7 Å². The highest BCUT2D eigenvalue weighted by molar-refractivity contribution is 7.08. The van der Waals surface area contributed by atoms with Gasteiger partial charge in [-0.05, 0) is 65.7 Å². The first-order valence-electron chi connectivity index (χ1n) is 8.95. The molecule has 0 spiro atoms. The number of nitrogens with one attached hydrogen (secondary N) is 1. The maximum absolute atomic E-state index is 12.5. The molecule has 1 unspecified atom stereocenters. The third kappa shape index (κ3) is 3.70. The van der Waals surface area contributed by atoms with Gasteiger partial charge in [-0.3, -0.25) is 9.69 Å². The van der Waals surface area contributed by atoms with Gasteiger partial charge in [0, 0.05) is 12.6 Å². The molecule has 2 fully saturated rings. The predicted molar refractivity (Wildman–Crippen MR) is 99.0 cm³/mol. The van der Waals surface area contributed by atoms with Gasteiger partial charge in [0.1, 0.15) is 0 Å². The van der Waals surface area contributed by atoms with Crippen molar-refractivity contribution in [2.24, 2.45) is 0 Å². The molecule has 2 aromatic rings. The first-order valence-corrected chi connectivity index (χ1v) is 9.90. The second-order valence-corrected chi connectivity index (χ2v) is 7.75. The van der Waals surface area contributed by atoms with Crippen LogP contribution >= 0.6 is 11.3 Å². The Labute approximate surface area is 147 Å². The van der Waals surface area contributed by atoms with Crippen LogP contribution in [0.1, 0.15) is 37.7 Å². The van der Waals surface area contributed by atoms with Crippen molar-refractivity contribution in [3.8, 4) is 11.1 Å². The average Bonchev–Trinajstić information content (AvgIpc) is 3.25. The average molecular weight is 340 g/mol. The molecule has 24 heavy (non-hydrogen) atoms. The quantitative estimate of drug-likeness (QED) is 0.890. The summed E-state index contributed by atoms with van der Waals surface area (Å²) in [4.78, 5) is 14.9. The van der Waals surface area contributed by atoms with Crippen molar-refractivity contribution in [1.29, 1.82) is 0 Å². The highest BCUT2D eigenvalue weighted by Gasteiger charge is 2.32. The molecule has 2 aliphatic rings. The second-order valence-electron chi connectivity index (χ2n) is 6.97. The smallest absolute Gasteiger partial charge is 0.237 e. The van der Waals surface area contributed by atoms with E-state index in [0.29, 0.717) is 6.04 Å². The van der Waals surface area contributed by atoms with Crippen molar-refractivity contribution in [2.75, 3.05) is 6.54 Å². The van der Waals surface area contributed by atoms with Gasteiger partial charge < -0.3 is 5.32 Å². The fourth-order valence-electron chi connectivity index (χ4n) is 3.47. The van der Waals surface area contributed by atoms with Gasteiger partial charge in [-0.15, -0.1) is 0 Å². The van der Waals surface area contributed by atoms with E-state index < -0.39 is 0 Å². The van der Waals surface area contributed by atoms with Gasteiger partial charge >= 0.3 is 0 Å². The van der Waals surface area contributed by atoms with Crippen LogP contribution in [0.15, 0.2) is 41.1 Å². The van der Waals surface area contributed by atoms with Gasteiger partial charge in [-0.25, -0.2) is 0 Å². The molecule has 1 aromatic heterocycles. The van der Waals surface area contributed by atoms with Gasteiger partial charge in [0.2, 0.25) is 5.91 Å². The third-order valence-electron chi connectivity index (χ3n) is 5.03. The topological polar surface area (TPSA) is 32.3 Å². The monoisotopic (exact) mass is 340 g/mol. The Hall–Kier alpha value is -1.65. The maximum Gasteiger partial charge on any atom is 0.237 e. The number of likely N-dealkylation sites (tertiary alicyclic amines) is 1. The molecule has 1 saturated carbocycles. The molecule has 1 aliphatic heterocycles. The summed E-state index contributed by atoms with van der Waals surface area (Å²) in [5, 5.41) is 7.48. The molecule has 1 saturated heterocycles. The number of rotatable bonds is 5. The molecule has 1 amide bonds. The van der Waals surface area contributed by atoms with E-state index in [9.17, 15) is 4.79 Å². The summed E-state index contributed by atoms with van der Waals surface area (Å²) in [6.45, 7) is 1.89. The number of carbonyl (C=O) groups excluding carboxylic acids is 1. The Morgan fingerprint density at radius 3 is 2.62 bits per heavy atom. The Kier molecular flexibility index (Phi) is 4.67. The van der Waals surface area contributed by atoms with Crippen LogP contribution in [0, 0.1) is 0 Å². The van der Waals surface area contributed by atoms with Gasteiger partial charge in [0.25, 0.3) is 0 Å². The van der Waals surface area contributed by atoms with Crippen molar-refractivity contribution >= 4 is 17.2 Å².